The van der Waals surface area contributed by atoms with Crippen LogP contribution in [0.4, 0.5) is 0 Å². The largest absolute Gasteiger partial charge is 0.490 e. The van der Waals surface area contributed by atoms with E-state index in [2.05, 4.69) is 28.2 Å². The first-order chi connectivity index (χ1) is 9.63. The molecule has 1 rings (SSSR count). The van der Waals surface area contributed by atoms with Crippen LogP contribution in [0, 0.1) is 6.92 Å². The first-order valence-corrected chi connectivity index (χ1v) is 8.20. The fourth-order valence-corrected chi connectivity index (χ4v) is 2.52. The molecule has 1 unspecified atom stereocenters. The fraction of sp³-hybridized carbons (Fsp3) is 0.625. The van der Waals surface area contributed by atoms with E-state index < -0.39 is 6.10 Å². The third-order valence-corrected chi connectivity index (χ3v) is 3.73. The Labute approximate surface area is 130 Å². The van der Waals surface area contributed by atoms with E-state index >= 15 is 0 Å². The predicted octanol–water partition coefficient (Wildman–Crippen LogP) is 3.67. The van der Waals surface area contributed by atoms with Gasteiger partial charge in [-0.25, -0.2) is 0 Å². The van der Waals surface area contributed by atoms with Crippen molar-refractivity contribution in [2.45, 2.75) is 45.6 Å². The van der Waals surface area contributed by atoms with Gasteiger partial charge in [-0.3, -0.25) is 0 Å². The molecule has 0 heterocycles. The SMILES string of the molecule is CCCCCCNCC(O)COc1ccc(C)cc1Br. The number of hydrogen-bond acceptors (Lipinski definition) is 3. The van der Waals surface area contributed by atoms with Gasteiger partial charge in [0, 0.05) is 6.54 Å². The third-order valence-electron chi connectivity index (χ3n) is 3.11. The number of halogens is 1. The van der Waals surface area contributed by atoms with Gasteiger partial charge in [0.2, 0.25) is 0 Å². The zero-order valence-electron chi connectivity index (χ0n) is 12.5. The van der Waals surface area contributed by atoms with Crippen LogP contribution in [0.3, 0.4) is 0 Å². The lowest BCUT2D eigenvalue weighted by molar-refractivity contribution is 0.106. The summed E-state index contributed by atoms with van der Waals surface area (Å²) >= 11 is 3.46. The quantitative estimate of drug-likeness (QED) is 0.637. The summed E-state index contributed by atoms with van der Waals surface area (Å²) in [6, 6.07) is 5.93. The van der Waals surface area contributed by atoms with Crippen molar-refractivity contribution in [1.29, 1.82) is 0 Å². The molecule has 0 aliphatic rings. The van der Waals surface area contributed by atoms with Crippen LogP contribution in [0.1, 0.15) is 38.2 Å². The second kappa shape index (κ2) is 10.2. The van der Waals surface area contributed by atoms with Crippen LogP contribution in [-0.2, 0) is 0 Å². The molecule has 3 nitrogen and oxygen atoms in total. The van der Waals surface area contributed by atoms with Gasteiger partial charge in [-0.05, 0) is 53.5 Å². The number of benzene rings is 1. The van der Waals surface area contributed by atoms with Crippen molar-refractivity contribution >= 4 is 15.9 Å². The highest BCUT2D eigenvalue weighted by atomic mass is 79.9. The Morgan fingerprint density at radius 1 is 1.30 bits per heavy atom. The number of aryl methyl sites for hydroxylation is 1. The molecule has 0 bridgehead atoms. The molecule has 0 aromatic heterocycles. The molecule has 0 aliphatic heterocycles. The summed E-state index contributed by atoms with van der Waals surface area (Å²) < 4.78 is 6.54. The third kappa shape index (κ3) is 7.27. The number of hydrogen-bond donors (Lipinski definition) is 2. The van der Waals surface area contributed by atoms with Gasteiger partial charge in [0.1, 0.15) is 18.5 Å². The molecule has 1 atom stereocenters. The van der Waals surface area contributed by atoms with Gasteiger partial charge in [0.25, 0.3) is 0 Å². The summed E-state index contributed by atoms with van der Waals surface area (Å²) in [6.45, 7) is 6.09. The highest BCUT2D eigenvalue weighted by Crippen LogP contribution is 2.25. The lowest BCUT2D eigenvalue weighted by Crippen LogP contribution is -2.32. The Hall–Kier alpha value is -0.580. The highest BCUT2D eigenvalue weighted by Gasteiger charge is 2.07. The molecule has 0 spiro atoms. The van der Waals surface area contributed by atoms with Crippen molar-refractivity contribution in [3.8, 4) is 5.75 Å². The first-order valence-electron chi connectivity index (χ1n) is 7.41. The van der Waals surface area contributed by atoms with Gasteiger partial charge in [0.05, 0.1) is 4.47 Å². The standard InChI is InChI=1S/C16H26BrNO2/c1-3-4-5-6-9-18-11-14(19)12-20-16-8-7-13(2)10-15(16)17/h7-8,10,14,18-19H,3-6,9,11-12H2,1-2H3. The van der Waals surface area contributed by atoms with Crippen LogP contribution >= 0.6 is 15.9 Å². The average molecular weight is 344 g/mol. The maximum Gasteiger partial charge on any atom is 0.133 e. The molecular formula is C16H26BrNO2. The fourth-order valence-electron chi connectivity index (χ4n) is 1.91. The lowest BCUT2D eigenvalue weighted by atomic mass is 10.2. The second-order valence-corrected chi connectivity index (χ2v) is 6.02. The number of nitrogens with one attached hydrogen (secondary N) is 1. The maximum atomic E-state index is 9.86. The normalized spacial score (nSPS) is 12.4. The van der Waals surface area contributed by atoms with Gasteiger partial charge < -0.3 is 15.2 Å². The van der Waals surface area contributed by atoms with E-state index in [9.17, 15) is 5.11 Å². The van der Waals surface area contributed by atoms with E-state index in [4.69, 9.17) is 4.74 Å². The van der Waals surface area contributed by atoms with Crippen LogP contribution in [-0.4, -0.2) is 30.9 Å². The summed E-state index contributed by atoms with van der Waals surface area (Å²) in [5.74, 6) is 0.776. The number of ether oxygens (including phenoxy) is 1. The smallest absolute Gasteiger partial charge is 0.133 e. The molecule has 0 amide bonds. The molecule has 20 heavy (non-hydrogen) atoms. The Balaban J connectivity index is 2.14. The zero-order chi connectivity index (χ0) is 14.8. The lowest BCUT2D eigenvalue weighted by Gasteiger charge is -2.14. The number of unbranched alkanes of at least 4 members (excludes halogenated alkanes) is 3. The summed E-state index contributed by atoms with van der Waals surface area (Å²) in [5, 5.41) is 13.1. The Morgan fingerprint density at radius 2 is 2.10 bits per heavy atom. The second-order valence-electron chi connectivity index (χ2n) is 5.16. The van der Waals surface area contributed by atoms with E-state index in [0.29, 0.717) is 13.2 Å². The Bertz CT molecular complexity index is 385. The predicted molar refractivity (Wildman–Crippen MR) is 87.4 cm³/mol. The summed E-state index contributed by atoms with van der Waals surface area (Å²) in [6.07, 6.45) is 4.49. The minimum atomic E-state index is -0.477. The maximum absolute atomic E-state index is 9.86. The summed E-state index contributed by atoms with van der Waals surface area (Å²) in [4.78, 5) is 0. The van der Waals surface area contributed by atoms with Gasteiger partial charge >= 0.3 is 0 Å². The van der Waals surface area contributed by atoms with Crippen molar-refractivity contribution < 1.29 is 9.84 Å². The van der Waals surface area contributed by atoms with E-state index in [-0.39, 0.29) is 0 Å². The monoisotopic (exact) mass is 343 g/mol. The van der Waals surface area contributed by atoms with Crippen LogP contribution in [0.2, 0.25) is 0 Å². The minimum Gasteiger partial charge on any atom is -0.490 e. The van der Waals surface area contributed by atoms with Gasteiger partial charge in [-0.15, -0.1) is 0 Å². The molecule has 0 radical (unpaired) electrons. The molecule has 0 fully saturated rings. The molecule has 0 aliphatic carbocycles. The Morgan fingerprint density at radius 3 is 2.80 bits per heavy atom. The van der Waals surface area contributed by atoms with Gasteiger partial charge in [-0.2, -0.15) is 0 Å². The molecule has 1 aromatic rings. The number of aliphatic hydroxyl groups excluding tert-OH is 1. The molecule has 114 valence electrons. The number of rotatable bonds is 10. The summed E-state index contributed by atoms with van der Waals surface area (Å²) in [7, 11) is 0. The van der Waals surface area contributed by atoms with Crippen LogP contribution in [0.25, 0.3) is 0 Å². The van der Waals surface area contributed by atoms with E-state index in [1.807, 2.05) is 25.1 Å². The van der Waals surface area contributed by atoms with Crippen molar-refractivity contribution in [2.75, 3.05) is 19.7 Å². The molecule has 1 aromatic carbocycles. The van der Waals surface area contributed by atoms with E-state index in [0.717, 1.165) is 16.8 Å². The van der Waals surface area contributed by atoms with Crippen molar-refractivity contribution in [3.05, 3.63) is 28.2 Å². The van der Waals surface area contributed by atoms with Gasteiger partial charge in [0.15, 0.2) is 0 Å². The van der Waals surface area contributed by atoms with Crippen molar-refractivity contribution in [3.63, 3.8) is 0 Å². The molecule has 4 heteroatoms. The minimum absolute atomic E-state index is 0.309. The molecule has 0 saturated carbocycles. The van der Waals surface area contributed by atoms with Crippen molar-refractivity contribution in [2.24, 2.45) is 0 Å². The van der Waals surface area contributed by atoms with Crippen LogP contribution in [0.5, 0.6) is 5.75 Å². The Kier molecular flexibility index (Phi) is 8.90. The van der Waals surface area contributed by atoms with E-state index in [1.165, 1.54) is 31.2 Å². The molecule has 0 saturated heterocycles. The molecule has 2 N–H and O–H groups in total. The highest BCUT2D eigenvalue weighted by molar-refractivity contribution is 9.10. The van der Waals surface area contributed by atoms with Crippen LogP contribution < -0.4 is 10.1 Å². The van der Waals surface area contributed by atoms with E-state index in [1.54, 1.807) is 0 Å². The number of aliphatic hydroxyl groups is 1. The summed E-state index contributed by atoms with van der Waals surface area (Å²) in [5.41, 5.74) is 1.18. The van der Waals surface area contributed by atoms with Crippen molar-refractivity contribution in [1.82, 2.24) is 5.32 Å². The topological polar surface area (TPSA) is 41.5 Å². The molecular weight excluding hydrogens is 318 g/mol. The first kappa shape index (κ1) is 17.5. The average Bonchev–Trinajstić information content (AvgIpc) is 2.41. The van der Waals surface area contributed by atoms with Gasteiger partial charge in [-0.1, -0.05) is 32.3 Å². The van der Waals surface area contributed by atoms with Crippen LogP contribution in [0.15, 0.2) is 22.7 Å². The zero-order valence-corrected chi connectivity index (χ0v) is 14.1.